The lowest BCUT2D eigenvalue weighted by Crippen LogP contribution is -1.90. The van der Waals surface area contributed by atoms with Crippen molar-refractivity contribution in [2.75, 3.05) is 0 Å². The fourth-order valence-corrected chi connectivity index (χ4v) is 5.86. The van der Waals surface area contributed by atoms with Gasteiger partial charge in [-0.05, 0) is 67.1 Å². The number of furan rings is 1. The molecule has 182 valence electrons. The molecule has 0 saturated carbocycles. The Bertz CT molecular complexity index is 2100. The molecule has 0 radical (unpaired) electrons. The summed E-state index contributed by atoms with van der Waals surface area (Å²) in [5.41, 5.74) is 9.41. The van der Waals surface area contributed by atoms with E-state index in [0.29, 0.717) is 5.71 Å². The molecule has 0 fully saturated rings. The molecule has 0 spiro atoms. The van der Waals surface area contributed by atoms with Crippen molar-refractivity contribution in [1.29, 1.82) is 0 Å². The van der Waals surface area contributed by atoms with E-state index < -0.39 is 0 Å². The molecule has 3 nitrogen and oxygen atoms in total. The van der Waals surface area contributed by atoms with Gasteiger partial charge in [0.15, 0.2) is 0 Å². The monoisotopic (exact) mass is 498 g/mol. The van der Waals surface area contributed by atoms with Gasteiger partial charge in [-0.2, -0.15) is 0 Å². The van der Waals surface area contributed by atoms with Crippen molar-refractivity contribution in [3.05, 3.63) is 134 Å². The molecule has 0 aliphatic rings. The van der Waals surface area contributed by atoms with E-state index in [-0.39, 0.29) is 0 Å². The first kappa shape index (κ1) is 21.8. The van der Waals surface area contributed by atoms with Gasteiger partial charge in [0.25, 0.3) is 0 Å². The second-order valence-electron chi connectivity index (χ2n) is 9.81. The number of aromatic nitrogens is 2. The Kier molecular flexibility index (Phi) is 4.82. The average Bonchev–Trinajstić information content (AvgIpc) is 3.38. The predicted octanol–water partition coefficient (Wildman–Crippen LogP) is 9.68. The summed E-state index contributed by atoms with van der Waals surface area (Å²) in [4.78, 5) is 8.80. The van der Waals surface area contributed by atoms with Gasteiger partial charge in [-0.15, -0.1) is 0 Å². The van der Waals surface area contributed by atoms with Crippen molar-refractivity contribution in [2.24, 2.45) is 0 Å². The summed E-state index contributed by atoms with van der Waals surface area (Å²) in [5.74, 6) is 0. The minimum atomic E-state index is 0.567. The third kappa shape index (κ3) is 3.44. The fourth-order valence-electron chi connectivity index (χ4n) is 5.86. The molecule has 0 bridgehead atoms. The quantitative estimate of drug-likeness (QED) is 0.228. The molecule has 0 aliphatic heterocycles. The van der Waals surface area contributed by atoms with Crippen LogP contribution in [0.1, 0.15) is 0 Å². The average molecular weight is 499 g/mol. The maximum atomic E-state index is 5.87. The van der Waals surface area contributed by atoms with E-state index in [1.807, 2.05) is 6.07 Å². The fraction of sp³-hybridized carbons (Fsp3) is 0. The lowest BCUT2D eigenvalue weighted by molar-refractivity contribution is 0.653. The summed E-state index contributed by atoms with van der Waals surface area (Å²) >= 11 is 0. The third-order valence-electron chi connectivity index (χ3n) is 7.61. The number of rotatable bonds is 3. The molecule has 8 rings (SSSR count). The van der Waals surface area contributed by atoms with Crippen molar-refractivity contribution >= 4 is 43.7 Å². The second kappa shape index (κ2) is 8.64. The summed E-state index contributed by atoms with van der Waals surface area (Å²) < 4.78 is 5.87. The topological polar surface area (TPSA) is 38.9 Å². The van der Waals surface area contributed by atoms with Crippen LogP contribution >= 0.6 is 0 Å². The highest BCUT2D eigenvalue weighted by molar-refractivity contribution is 6.21. The van der Waals surface area contributed by atoms with E-state index >= 15 is 0 Å². The molecule has 2 heterocycles. The Morgan fingerprint density at radius 2 is 0.923 bits per heavy atom. The van der Waals surface area contributed by atoms with Gasteiger partial charge in [-0.1, -0.05) is 109 Å². The Morgan fingerprint density at radius 1 is 0.410 bits per heavy atom. The highest BCUT2D eigenvalue weighted by Gasteiger charge is 2.16. The van der Waals surface area contributed by atoms with E-state index in [1.165, 1.54) is 43.8 Å². The molecule has 0 saturated heterocycles. The Hall–Kier alpha value is -5.28. The van der Waals surface area contributed by atoms with Crippen LogP contribution in [-0.2, 0) is 0 Å². The highest BCUT2D eigenvalue weighted by atomic mass is 16.3. The Morgan fingerprint density at radius 3 is 1.56 bits per heavy atom. The van der Waals surface area contributed by atoms with Crippen molar-refractivity contribution in [3.63, 3.8) is 0 Å². The molecule has 39 heavy (non-hydrogen) atoms. The van der Waals surface area contributed by atoms with Crippen LogP contribution in [0.4, 0.5) is 0 Å². The number of fused-ring (bicyclic) bond motifs is 5. The van der Waals surface area contributed by atoms with Crippen LogP contribution in [0.3, 0.4) is 0 Å². The molecule has 0 N–H and O–H groups in total. The van der Waals surface area contributed by atoms with Crippen LogP contribution in [-0.4, -0.2) is 9.97 Å². The Balaban J connectivity index is 1.31. The summed E-state index contributed by atoms with van der Waals surface area (Å²) in [7, 11) is 0. The first-order chi connectivity index (χ1) is 19.3. The van der Waals surface area contributed by atoms with Crippen LogP contribution < -0.4 is 0 Å². The normalized spacial score (nSPS) is 11.6. The molecular weight excluding hydrogens is 476 g/mol. The second-order valence-corrected chi connectivity index (χ2v) is 9.81. The molecule has 3 heteroatoms. The van der Waals surface area contributed by atoms with E-state index in [9.17, 15) is 0 Å². The largest absolute Gasteiger partial charge is 0.436 e. The van der Waals surface area contributed by atoms with Crippen molar-refractivity contribution in [1.82, 2.24) is 9.97 Å². The lowest BCUT2D eigenvalue weighted by Gasteiger charge is -2.18. The van der Waals surface area contributed by atoms with Crippen LogP contribution in [0.25, 0.3) is 77.1 Å². The highest BCUT2D eigenvalue weighted by Crippen LogP contribution is 2.43. The van der Waals surface area contributed by atoms with Gasteiger partial charge in [-0.3, -0.25) is 0 Å². The van der Waals surface area contributed by atoms with Gasteiger partial charge in [0.05, 0.1) is 0 Å². The number of hydrogen-bond donors (Lipinski definition) is 0. The molecule has 0 aliphatic carbocycles. The molecule has 0 unspecified atom stereocenters. The van der Waals surface area contributed by atoms with Crippen LogP contribution in [0.15, 0.2) is 138 Å². The van der Waals surface area contributed by atoms with E-state index in [4.69, 9.17) is 4.42 Å². The molecule has 0 atom stereocenters. The maximum absolute atomic E-state index is 5.87. The zero-order valence-corrected chi connectivity index (χ0v) is 21.0. The number of hydrogen-bond acceptors (Lipinski definition) is 3. The van der Waals surface area contributed by atoms with E-state index in [1.54, 1.807) is 12.4 Å². The number of benzene rings is 6. The summed E-state index contributed by atoms with van der Waals surface area (Å²) in [6.07, 6.45) is 3.36. The summed E-state index contributed by atoms with van der Waals surface area (Å²) in [6, 6.07) is 43.4. The van der Waals surface area contributed by atoms with Gasteiger partial charge in [0.1, 0.15) is 11.1 Å². The third-order valence-corrected chi connectivity index (χ3v) is 7.61. The van der Waals surface area contributed by atoms with Gasteiger partial charge in [0, 0.05) is 17.8 Å². The van der Waals surface area contributed by atoms with Gasteiger partial charge < -0.3 is 4.42 Å². The zero-order valence-electron chi connectivity index (χ0n) is 21.0. The maximum Gasteiger partial charge on any atom is 0.246 e. The van der Waals surface area contributed by atoms with Crippen LogP contribution in [0.2, 0.25) is 0 Å². The van der Waals surface area contributed by atoms with Crippen LogP contribution in [0.5, 0.6) is 0 Å². The summed E-state index contributed by atoms with van der Waals surface area (Å²) in [5, 5.41) is 6.02. The predicted molar refractivity (Wildman–Crippen MR) is 161 cm³/mol. The van der Waals surface area contributed by atoms with Gasteiger partial charge in [0.2, 0.25) is 5.71 Å². The smallest absolute Gasteiger partial charge is 0.246 e. The van der Waals surface area contributed by atoms with E-state index in [2.05, 4.69) is 125 Å². The molecule has 2 aromatic heterocycles. The SMILES string of the molecule is c1ccc(-c2c3ccccc3c(-c3ccc(-c4ccc5oc6nccnc6c5c4)cc3)c3ccccc23)cc1. The minimum absolute atomic E-state index is 0.567. The van der Waals surface area contributed by atoms with Crippen molar-refractivity contribution in [2.45, 2.75) is 0 Å². The van der Waals surface area contributed by atoms with Crippen LogP contribution in [0, 0.1) is 0 Å². The Labute approximate surface area is 225 Å². The zero-order chi connectivity index (χ0) is 25.8. The summed E-state index contributed by atoms with van der Waals surface area (Å²) in [6.45, 7) is 0. The molecule has 8 aromatic rings. The minimum Gasteiger partial charge on any atom is -0.436 e. The standard InChI is InChI=1S/C36H22N2O/c1-2-8-24(9-3-1)33-27-10-4-6-12-29(27)34(30-13-7-5-11-28(30)33)25-16-14-23(15-17-25)26-18-19-32-31(22-26)35-36(39-32)38-21-20-37-35/h1-22H. The molecule has 6 aromatic carbocycles. The molecular formula is C36H22N2O. The van der Waals surface area contributed by atoms with Gasteiger partial charge in [-0.25, -0.2) is 9.97 Å². The van der Waals surface area contributed by atoms with Gasteiger partial charge >= 0.3 is 0 Å². The van der Waals surface area contributed by atoms with Crippen molar-refractivity contribution < 1.29 is 4.42 Å². The van der Waals surface area contributed by atoms with Crippen molar-refractivity contribution in [3.8, 4) is 33.4 Å². The first-order valence-electron chi connectivity index (χ1n) is 13.1. The first-order valence-corrected chi connectivity index (χ1v) is 13.1. The number of nitrogens with zero attached hydrogens (tertiary/aromatic N) is 2. The van der Waals surface area contributed by atoms with E-state index in [0.717, 1.165) is 27.6 Å². The molecule has 0 amide bonds. The lowest BCUT2D eigenvalue weighted by atomic mass is 9.86.